The number of hydrogen-bond donors (Lipinski definition) is 1. The highest BCUT2D eigenvalue weighted by molar-refractivity contribution is 5.98. The zero-order valence-electron chi connectivity index (χ0n) is 16.3. The second-order valence-electron chi connectivity index (χ2n) is 7.63. The van der Waals surface area contributed by atoms with Gasteiger partial charge in [-0.3, -0.25) is 4.79 Å². The molecule has 0 atom stereocenters. The first kappa shape index (κ1) is 18.7. The van der Waals surface area contributed by atoms with Gasteiger partial charge in [-0.15, -0.1) is 0 Å². The molecule has 1 aliphatic carbocycles. The number of pyridine rings is 2. The van der Waals surface area contributed by atoms with Crippen LogP contribution in [0.25, 0.3) is 0 Å². The molecule has 2 aromatic heterocycles. The summed E-state index contributed by atoms with van der Waals surface area (Å²) in [6, 6.07) is 7.61. The first-order valence-corrected chi connectivity index (χ1v) is 10.4. The predicted octanol–water partition coefficient (Wildman–Crippen LogP) is 4.04. The van der Waals surface area contributed by atoms with Crippen LogP contribution >= 0.6 is 0 Å². The zero-order valence-corrected chi connectivity index (χ0v) is 16.3. The van der Waals surface area contributed by atoms with Gasteiger partial charge in [-0.05, 0) is 62.6 Å². The highest BCUT2D eigenvalue weighted by Gasteiger charge is 2.21. The lowest BCUT2D eigenvalue weighted by molar-refractivity contribution is 0.0725. The minimum Gasteiger partial charge on any atom is -0.474 e. The van der Waals surface area contributed by atoms with Crippen molar-refractivity contribution in [3.05, 3.63) is 47.8 Å². The van der Waals surface area contributed by atoms with E-state index in [-0.39, 0.29) is 5.91 Å². The second-order valence-corrected chi connectivity index (χ2v) is 7.63. The van der Waals surface area contributed by atoms with E-state index in [1.165, 1.54) is 19.3 Å². The Morgan fingerprint density at radius 1 is 1.07 bits per heavy atom. The quantitative estimate of drug-likeness (QED) is 0.819. The lowest BCUT2D eigenvalue weighted by atomic mass is 10.1. The number of carbonyl (C=O) groups excluding carboxylic acids is 1. The van der Waals surface area contributed by atoms with E-state index < -0.39 is 0 Å². The van der Waals surface area contributed by atoms with Gasteiger partial charge in [0.1, 0.15) is 11.9 Å². The molecule has 6 nitrogen and oxygen atoms in total. The molecule has 0 radical (unpaired) electrons. The van der Waals surface area contributed by atoms with E-state index in [9.17, 15) is 4.79 Å². The van der Waals surface area contributed by atoms with Gasteiger partial charge in [0.2, 0.25) is 5.88 Å². The maximum atomic E-state index is 12.9. The van der Waals surface area contributed by atoms with Gasteiger partial charge in [0.25, 0.3) is 5.91 Å². The molecule has 6 heteroatoms. The van der Waals surface area contributed by atoms with Crippen LogP contribution < -0.4 is 10.1 Å². The van der Waals surface area contributed by atoms with Gasteiger partial charge in [-0.2, -0.15) is 0 Å². The predicted molar refractivity (Wildman–Crippen MR) is 108 cm³/mol. The summed E-state index contributed by atoms with van der Waals surface area (Å²) in [5.74, 6) is 1.38. The van der Waals surface area contributed by atoms with Crippen LogP contribution in [0.1, 0.15) is 60.9 Å². The molecule has 2 fully saturated rings. The highest BCUT2D eigenvalue weighted by Crippen LogP contribution is 2.23. The lowest BCUT2D eigenvalue weighted by Gasteiger charge is -2.27. The fraction of sp³-hybridized carbons (Fsp3) is 0.500. The molecule has 1 amide bonds. The molecule has 0 unspecified atom stereocenters. The third-order valence-corrected chi connectivity index (χ3v) is 5.53. The van der Waals surface area contributed by atoms with E-state index in [2.05, 4.69) is 15.3 Å². The molecular formula is C22H28N4O2. The molecule has 1 aliphatic heterocycles. The Kier molecular flexibility index (Phi) is 6.04. The van der Waals surface area contributed by atoms with E-state index in [1.54, 1.807) is 6.20 Å². The minimum absolute atomic E-state index is 0.0636. The average molecular weight is 380 g/mol. The summed E-state index contributed by atoms with van der Waals surface area (Å²) in [6.07, 6.45) is 12.0. The Balaban J connectivity index is 1.37. The van der Waals surface area contributed by atoms with Crippen molar-refractivity contribution in [1.29, 1.82) is 0 Å². The van der Waals surface area contributed by atoms with Crippen molar-refractivity contribution < 1.29 is 9.53 Å². The molecule has 28 heavy (non-hydrogen) atoms. The van der Waals surface area contributed by atoms with Crippen LogP contribution in [0.2, 0.25) is 0 Å². The Morgan fingerprint density at radius 3 is 2.64 bits per heavy atom. The molecule has 0 aromatic carbocycles. The number of carbonyl (C=O) groups is 1. The maximum Gasteiger partial charge on any atom is 0.257 e. The maximum absolute atomic E-state index is 12.9. The van der Waals surface area contributed by atoms with E-state index in [4.69, 9.17) is 4.74 Å². The first-order chi connectivity index (χ1) is 13.8. The largest absolute Gasteiger partial charge is 0.474 e. The average Bonchev–Trinajstić information content (AvgIpc) is 3.27. The van der Waals surface area contributed by atoms with E-state index in [0.717, 1.165) is 44.3 Å². The number of anilines is 1. The van der Waals surface area contributed by atoms with Crippen molar-refractivity contribution >= 4 is 11.7 Å². The minimum atomic E-state index is 0.0636. The number of rotatable bonds is 6. The van der Waals surface area contributed by atoms with Crippen LogP contribution in [0.15, 0.2) is 36.7 Å². The molecule has 148 valence electrons. The van der Waals surface area contributed by atoms with Crippen molar-refractivity contribution in [2.24, 2.45) is 0 Å². The smallest absolute Gasteiger partial charge is 0.257 e. The number of likely N-dealkylation sites (tertiary alicyclic amines) is 1. The summed E-state index contributed by atoms with van der Waals surface area (Å²) in [6.45, 7) is 2.23. The number of hydrogen-bond acceptors (Lipinski definition) is 5. The standard InChI is InChI=1S/C22H28N4O2/c27-22(26-13-4-1-5-14-26)19-9-6-12-23-21(19)25-16-17-10-11-20(24-15-17)28-18-7-2-3-8-18/h6,9-12,15,18H,1-5,7-8,13-14,16H2,(H,23,25). The number of piperidine rings is 1. The second kappa shape index (κ2) is 9.04. The Hall–Kier alpha value is -2.63. The number of ether oxygens (including phenoxy) is 1. The third-order valence-electron chi connectivity index (χ3n) is 5.53. The number of aromatic nitrogens is 2. The molecule has 2 aromatic rings. The van der Waals surface area contributed by atoms with E-state index >= 15 is 0 Å². The molecular weight excluding hydrogens is 352 g/mol. The van der Waals surface area contributed by atoms with Crippen molar-refractivity contribution in [2.45, 2.75) is 57.6 Å². The number of nitrogens with zero attached hydrogens (tertiary/aromatic N) is 3. The first-order valence-electron chi connectivity index (χ1n) is 10.4. The molecule has 3 heterocycles. The van der Waals surface area contributed by atoms with Crippen LogP contribution in [-0.4, -0.2) is 40.0 Å². The molecule has 1 N–H and O–H groups in total. The summed E-state index contributed by atoms with van der Waals surface area (Å²) >= 11 is 0. The normalized spacial score (nSPS) is 17.5. The van der Waals surface area contributed by atoms with Crippen LogP contribution in [-0.2, 0) is 6.54 Å². The van der Waals surface area contributed by atoms with Crippen LogP contribution in [0.4, 0.5) is 5.82 Å². The summed E-state index contributed by atoms with van der Waals surface area (Å²) in [7, 11) is 0. The SMILES string of the molecule is O=C(c1cccnc1NCc1ccc(OC2CCCC2)nc1)N1CCCCC1. The van der Waals surface area contributed by atoms with Crippen LogP contribution in [0.5, 0.6) is 5.88 Å². The fourth-order valence-corrected chi connectivity index (χ4v) is 3.93. The highest BCUT2D eigenvalue weighted by atomic mass is 16.5. The summed E-state index contributed by atoms with van der Waals surface area (Å²) in [5.41, 5.74) is 1.67. The van der Waals surface area contributed by atoms with Gasteiger partial charge < -0.3 is 15.0 Å². The Bertz CT molecular complexity index is 781. The zero-order chi connectivity index (χ0) is 19.2. The number of nitrogens with one attached hydrogen (secondary N) is 1. The van der Waals surface area contributed by atoms with Crippen molar-refractivity contribution in [1.82, 2.24) is 14.9 Å². The summed E-state index contributed by atoms with van der Waals surface area (Å²) in [5, 5.41) is 3.30. The molecule has 0 bridgehead atoms. The molecule has 1 saturated carbocycles. The molecule has 2 aliphatic rings. The fourth-order valence-electron chi connectivity index (χ4n) is 3.93. The van der Waals surface area contributed by atoms with Gasteiger partial charge in [-0.1, -0.05) is 6.07 Å². The van der Waals surface area contributed by atoms with Crippen molar-refractivity contribution in [3.63, 3.8) is 0 Å². The topological polar surface area (TPSA) is 67.3 Å². The van der Waals surface area contributed by atoms with Gasteiger partial charge >= 0.3 is 0 Å². The van der Waals surface area contributed by atoms with Gasteiger partial charge in [0.05, 0.1) is 5.56 Å². The Labute approximate surface area is 166 Å². The summed E-state index contributed by atoms with van der Waals surface area (Å²) in [4.78, 5) is 23.6. The van der Waals surface area contributed by atoms with Gasteiger partial charge in [0.15, 0.2) is 0 Å². The third kappa shape index (κ3) is 4.61. The Morgan fingerprint density at radius 2 is 1.89 bits per heavy atom. The van der Waals surface area contributed by atoms with Crippen molar-refractivity contribution in [3.8, 4) is 5.88 Å². The van der Waals surface area contributed by atoms with Crippen LogP contribution in [0.3, 0.4) is 0 Å². The van der Waals surface area contributed by atoms with Crippen LogP contribution in [0, 0.1) is 0 Å². The number of amides is 1. The molecule has 4 rings (SSSR count). The van der Waals surface area contributed by atoms with E-state index in [0.29, 0.717) is 29.9 Å². The molecule has 0 spiro atoms. The van der Waals surface area contributed by atoms with Gasteiger partial charge in [0, 0.05) is 38.1 Å². The summed E-state index contributed by atoms with van der Waals surface area (Å²) < 4.78 is 5.92. The molecule has 1 saturated heterocycles. The monoisotopic (exact) mass is 380 g/mol. The lowest BCUT2D eigenvalue weighted by Crippen LogP contribution is -2.36. The van der Waals surface area contributed by atoms with Crippen molar-refractivity contribution in [2.75, 3.05) is 18.4 Å². The van der Waals surface area contributed by atoms with E-state index in [1.807, 2.05) is 35.4 Å². The van der Waals surface area contributed by atoms with Gasteiger partial charge in [-0.25, -0.2) is 9.97 Å².